The topological polar surface area (TPSA) is 17.1 Å². The van der Waals surface area contributed by atoms with Crippen LogP contribution in [0.4, 0.5) is 4.39 Å². The summed E-state index contributed by atoms with van der Waals surface area (Å²) in [5, 5.41) is 0. The van der Waals surface area contributed by atoms with Crippen molar-refractivity contribution in [2.75, 3.05) is 12.5 Å². The van der Waals surface area contributed by atoms with E-state index in [1.807, 2.05) is 12.5 Å². The Morgan fingerprint density at radius 1 is 1.38 bits per heavy atom. The molecule has 0 aliphatic heterocycles. The Labute approximate surface area is 111 Å². The quantitative estimate of drug-likeness (QED) is 0.607. The molecule has 0 aromatic heterocycles. The molecule has 1 aromatic carbocycles. The molecule has 0 radical (unpaired) electrons. The molecule has 0 saturated carbocycles. The second kappa shape index (κ2) is 6.47. The van der Waals surface area contributed by atoms with Crippen LogP contribution in [0.3, 0.4) is 0 Å². The van der Waals surface area contributed by atoms with Gasteiger partial charge in [-0.1, -0.05) is 0 Å². The lowest BCUT2D eigenvalue weighted by molar-refractivity contribution is 0.104. The fourth-order valence-corrected chi connectivity index (χ4v) is 2.54. The third kappa shape index (κ3) is 3.64. The van der Waals surface area contributed by atoms with Gasteiger partial charge in [-0.05, 0) is 46.6 Å². The van der Waals surface area contributed by atoms with Crippen molar-refractivity contribution in [1.29, 1.82) is 0 Å². The van der Waals surface area contributed by atoms with Gasteiger partial charge < -0.3 is 0 Å². The number of thioether (sulfide) groups is 2. The summed E-state index contributed by atoms with van der Waals surface area (Å²) in [4.78, 5) is 11.8. The zero-order valence-corrected chi connectivity index (χ0v) is 12.0. The van der Waals surface area contributed by atoms with Crippen LogP contribution < -0.4 is 0 Å². The van der Waals surface area contributed by atoms with Crippen LogP contribution in [-0.4, -0.2) is 18.3 Å². The van der Waals surface area contributed by atoms with Crippen LogP contribution in [0.1, 0.15) is 10.4 Å². The fourth-order valence-electron chi connectivity index (χ4n) is 1.04. The van der Waals surface area contributed by atoms with Gasteiger partial charge in [-0.2, -0.15) is 0 Å². The number of benzene rings is 1. The van der Waals surface area contributed by atoms with Gasteiger partial charge in [0, 0.05) is 15.9 Å². The summed E-state index contributed by atoms with van der Waals surface area (Å²) in [5.41, 5.74) is 0.480. The standard InChI is InChI=1S/C11H10BrFOS2/c1-15-11(16-2)6-10(14)7-3-4-9(13)8(12)5-7/h3-6H,1-2H3. The number of carbonyl (C=O) groups excluding carboxylic acids is 1. The first kappa shape index (κ1) is 13.8. The highest BCUT2D eigenvalue weighted by Crippen LogP contribution is 2.24. The first-order valence-corrected chi connectivity index (χ1v) is 7.61. The highest BCUT2D eigenvalue weighted by Gasteiger charge is 2.07. The van der Waals surface area contributed by atoms with E-state index < -0.39 is 0 Å². The van der Waals surface area contributed by atoms with E-state index in [1.165, 1.54) is 41.7 Å². The zero-order valence-electron chi connectivity index (χ0n) is 8.79. The molecule has 0 saturated heterocycles. The summed E-state index contributed by atoms with van der Waals surface area (Å²) >= 11 is 6.09. The van der Waals surface area contributed by atoms with Crippen LogP contribution in [0.5, 0.6) is 0 Å². The van der Waals surface area contributed by atoms with Crippen molar-refractivity contribution >= 4 is 45.2 Å². The van der Waals surface area contributed by atoms with Gasteiger partial charge in [-0.15, -0.1) is 23.5 Å². The number of ketones is 1. The molecule has 5 heteroatoms. The molecule has 86 valence electrons. The second-order valence-electron chi connectivity index (χ2n) is 2.86. The van der Waals surface area contributed by atoms with E-state index in [1.54, 1.807) is 6.08 Å². The van der Waals surface area contributed by atoms with E-state index in [0.29, 0.717) is 10.0 Å². The van der Waals surface area contributed by atoms with Crippen LogP contribution >= 0.6 is 39.5 Å². The Balaban J connectivity index is 2.97. The Kier molecular flexibility index (Phi) is 5.58. The monoisotopic (exact) mass is 320 g/mol. The third-order valence-electron chi connectivity index (χ3n) is 1.86. The van der Waals surface area contributed by atoms with Gasteiger partial charge in [0.1, 0.15) is 5.82 Å². The van der Waals surface area contributed by atoms with Crippen LogP contribution in [0, 0.1) is 5.82 Å². The molecule has 0 heterocycles. The molecule has 0 spiro atoms. The molecular formula is C11H10BrFOS2. The smallest absolute Gasteiger partial charge is 0.187 e. The van der Waals surface area contributed by atoms with Crippen molar-refractivity contribution in [3.05, 3.63) is 44.4 Å². The summed E-state index contributed by atoms with van der Waals surface area (Å²) in [7, 11) is 0. The number of halogens is 2. The van der Waals surface area contributed by atoms with Crippen LogP contribution in [0.25, 0.3) is 0 Å². The summed E-state index contributed by atoms with van der Waals surface area (Å²) in [6.07, 6.45) is 5.39. The van der Waals surface area contributed by atoms with Crippen molar-refractivity contribution in [1.82, 2.24) is 0 Å². The number of carbonyl (C=O) groups is 1. The summed E-state index contributed by atoms with van der Waals surface area (Å²) in [6, 6.07) is 4.26. The minimum atomic E-state index is -0.365. The fraction of sp³-hybridized carbons (Fsp3) is 0.182. The molecule has 0 atom stereocenters. The van der Waals surface area contributed by atoms with E-state index >= 15 is 0 Å². The largest absolute Gasteiger partial charge is 0.289 e. The second-order valence-corrected chi connectivity index (χ2v) is 5.67. The van der Waals surface area contributed by atoms with Crippen molar-refractivity contribution in [2.45, 2.75) is 0 Å². The normalized spacial score (nSPS) is 10.0. The number of hydrogen-bond acceptors (Lipinski definition) is 3. The zero-order chi connectivity index (χ0) is 12.1. The van der Waals surface area contributed by atoms with Crippen LogP contribution in [-0.2, 0) is 0 Å². The first-order chi connectivity index (χ1) is 7.58. The first-order valence-electron chi connectivity index (χ1n) is 4.37. The minimum absolute atomic E-state index is 0.112. The predicted octanol–water partition coefficient (Wildman–Crippen LogP) is 4.34. The molecule has 0 bridgehead atoms. The molecular weight excluding hydrogens is 311 g/mol. The van der Waals surface area contributed by atoms with E-state index in [0.717, 1.165) is 4.24 Å². The molecule has 1 rings (SSSR count). The molecule has 0 fully saturated rings. The Hall–Kier alpha value is -0.260. The number of rotatable bonds is 4. The summed E-state index contributed by atoms with van der Waals surface area (Å²) in [5.74, 6) is -0.477. The summed E-state index contributed by atoms with van der Waals surface area (Å²) < 4.78 is 14.2. The van der Waals surface area contributed by atoms with E-state index in [4.69, 9.17) is 0 Å². The maximum atomic E-state index is 13.0. The summed E-state index contributed by atoms with van der Waals surface area (Å²) in [6.45, 7) is 0. The highest BCUT2D eigenvalue weighted by atomic mass is 79.9. The van der Waals surface area contributed by atoms with Crippen molar-refractivity contribution in [3.8, 4) is 0 Å². The molecule has 0 amide bonds. The third-order valence-corrected chi connectivity index (χ3v) is 4.50. The Morgan fingerprint density at radius 3 is 2.50 bits per heavy atom. The number of allylic oxidation sites excluding steroid dienone is 1. The molecule has 0 aliphatic carbocycles. The van der Waals surface area contributed by atoms with Gasteiger partial charge in [-0.3, -0.25) is 4.79 Å². The average molecular weight is 321 g/mol. The molecule has 0 unspecified atom stereocenters. The Bertz CT molecular complexity index is 426. The average Bonchev–Trinajstić information content (AvgIpc) is 2.29. The maximum absolute atomic E-state index is 13.0. The Morgan fingerprint density at radius 2 is 2.00 bits per heavy atom. The number of hydrogen-bond donors (Lipinski definition) is 0. The van der Waals surface area contributed by atoms with Crippen LogP contribution in [0.2, 0.25) is 0 Å². The molecule has 16 heavy (non-hydrogen) atoms. The van der Waals surface area contributed by atoms with Crippen molar-refractivity contribution < 1.29 is 9.18 Å². The SMILES string of the molecule is CSC(=CC(=O)c1ccc(F)c(Br)c1)SC. The van der Waals surface area contributed by atoms with Gasteiger partial charge >= 0.3 is 0 Å². The predicted molar refractivity (Wildman–Crippen MR) is 73.5 cm³/mol. The van der Waals surface area contributed by atoms with Crippen molar-refractivity contribution in [3.63, 3.8) is 0 Å². The molecule has 0 N–H and O–H groups in total. The lowest BCUT2D eigenvalue weighted by Crippen LogP contribution is -1.95. The minimum Gasteiger partial charge on any atom is -0.289 e. The van der Waals surface area contributed by atoms with Gasteiger partial charge in [0.25, 0.3) is 0 Å². The lowest BCUT2D eigenvalue weighted by atomic mass is 10.1. The van der Waals surface area contributed by atoms with Crippen LogP contribution in [0.15, 0.2) is 33.0 Å². The molecule has 0 aliphatic rings. The molecule has 1 nitrogen and oxygen atoms in total. The van der Waals surface area contributed by atoms with Gasteiger partial charge in [0.05, 0.1) is 4.47 Å². The van der Waals surface area contributed by atoms with Gasteiger partial charge in [0.2, 0.25) is 0 Å². The van der Waals surface area contributed by atoms with Crippen molar-refractivity contribution in [2.24, 2.45) is 0 Å². The van der Waals surface area contributed by atoms with E-state index in [2.05, 4.69) is 15.9 Å². The van der Waals surface area contributed by atoms with E-state index in [-0.39, 0.29) is 11.6 Å². The lowest BCUT2D eigenvalue weighted by Gasteiger charge is -2.01. The van der Waals surface area contributed by atoms with Gasteiger partial charge in [-0.25, -0.2) is 4.39 Å². The van der Waals surface area contributed by atoms with Gasteiger partial charge in [0.15, 0.2) is 5.78 Å². The highest BCUT2D eigenvalue weighted by molar-refractivity contribution is 9.10. The molecule has 1 aromatic rings. The maximum Gasteiger partial charge on any atom is 0.187 e. The van der Waals surface area contributed by atoms with E-state index in [9.17, 15) is 9.18 Å².